The van der Waals surface area contributed by atoms with E-state index in [-0.39, 0.29) is 17.7 Å². The fourth-order valence-corrected chi connectivity index (χ4v) is 2.85. The van der Waals surface area contributed by atoms with Crippen LogP contribution in [0.5, 0.6) is 0 Å². The number of aromatic nitrogens is 4. The Balaban J connectivity index is 1.51. The average Bonchev–Trinajstić information content (AvgIpc) is 3.37. The summed E-state index contributed by atoms with van der Waals surface area (Å²) in [7, 11) is 0. The molecule has 25 heavy (non-hydrogen) atoms. The van der Waals surface area contributed by atoms with Crippen molar-refractivity contribution >= 4 is 11.9 Å². The second-order valence-electron chi connectivity index (χ2n) is 5.79. The Labute approximate surface area is 143 Å². The van der Waals surface area contributed by atoms with Crippen LogP contribution in [0.1, 0.15) is 40.8 Å². The van der Waals surface area contributed by atoms with Crippen LogP contribution in [0.4, 0.5) is 5.95 Å². The van der Waals surface area contributed by atoms with Crippen molar-refractivity contribution in [3.63, 3.8) is 0 Å². The highest BCUT2D eigenvalue weighted by Gasteiger charge is 2.28. The van der Waals surface area contributed by atoms with Gasteiger partial charge in [0.2, 0.25) is 5.95 Å². The van der Waals surface area contributed by atoms with Gasteiger partial charge in [-0.1, -0.05) is 30.3 Å². The van der Waals surface area contributed by atoms with Gasteiger partial charge in [-0.05, 0) is 18.4 Å². The third-order valence-corrected chi connectivity index (χ3v) is 4.07. The van der Waals surface area contributed by atoms with Gasteiger partial charge in [0.25, 0.3) is 5.91 Å². The second kappa shape index (κ2) is 6.86. The molecule has 3 aromatic rings. The normalized spacial score (nSPS) is 16.9. The monoisotopic (exact) mass is 339 g/mol. The van der Waals surface area contributed by atoms with Crippen molar-refractivity contribution in [2.45, 2.75) is 25.5 Å². The van der Waals surface area contributed by atoms with Gasteiger partial charge < -0.3 is 9.15 Å². The highest BCUT2D eigenvalue weighted by molar-refractivity contribution is 6.02. The van der Waals surface area contributed by atoms with Crippen LogP contribution in [0.15, 0.2) is 47.5 Å². The maximum atomic E-state index is 12.6. The molecule has 0 aliphatic carbocycles. The van der Waals surface area contributed by atoms with Crippen molar-refractivity contribution in [2.75, 3.05) is 11.9 Å². The van der Waals surface area contributed by atoms with Gasteiger partial charge in [-0.2, -0.15) is 0 Å². The van der Waals surface area contributed by atoms with Gasteiger partial charge in [0.1, 0.15) is 12.4 Å². The number of nitrogens with zero attached hydrogens (tertiary/aromatic N) is 4. The fourth-order valence-electron chi connectivity index (χ4n) is 2.85. The molecule has 0 unspecified atom stereocenters. The van der Waals surface area contributed by atoms with Gasteiger partial charge >= 0.3 is 0 Å². The van der Waals surface area contributed by atoms with Crippen molar-refractivity contribution in [3.8, 4) is 0 Å². The van der Waals surface area contributed by atoms with Crippen LogP contribution >= 0.6 is 0 Å². The Morgan fingerprint density at radius 1 is 1.32 bits per heavy atom. The lowest BCUT2D eigenvalue weighted by Crippen LogP contribution is -2.18. The SMILES string of the molecule is O=C(Nc1nncn1Cc1ccccc1)c1ncoc1[C@@H]1CCCO1. The number of hydrogen-bond acceptors (Lipinski definition) is 6. The summed E-state index contributed by atoms with van der Waals surface area (Å²) >= 11 is 0. The number of hydrogen-bond donors (Lipinski definition) is 1. The van der Waals surface area contributed by atoms with Crippen LogP contribution in [0.25, 0.3) is 0 Å². The van der Waals surface area contributed by atoms with Gasteiger partial charge in [-0.25, -0.2) is 4.98 Å². The van der Waals surface area contributed by atoms with Crippen molar-refractivity contribution in [1.29, 1.82) is 0 Å². The first kappa shape index (κ1) is 15.5. The minimum atomic E-state index is -0.387. The average molecular weight is 339 g/mol. The van der Waals surface area contributed by atoms with E-state index >= 15 is 0 Å². The maximum Gasteiger partial charge on any atom is 0.280 e. The summed E-state index contributed by atoms with van der Waals surface area (Å²) in [5, 5.41) is 10.6. The molecule has 1 N–H and O–H groups in total. The second-order valence-corrected chi connectivity index (χ2v) is 5.79. The van der Waals surface area contributed by atoms with E-state index in [1.807, 2.05) is 30.3 Å². The van der Waals surface area contributed by atoms with Gasteiger partial charge in [0, 0.05) is 6.61 Å². The molecule has 1 aliphatic rings. The topological polar surface area (TPSA) is 95.1 Å². The van der Waals surface area contributed by atoms with Crippen LogP contribution in [0.2, 0.25) is 0 Å². The van der Waals surface area contributed by atoms with E-state index in [0.717, 1.165) is 18.4 Å². The summed E-state index contributed by atoms with van der Waals surface area (Å²) in [5.74, 6) is 0.431. The molecule has 4 rings (SSSR count). The van der Waals surface area contributed by atoms with Gasteiger partial charge in [-0.15, -0.1) is 10.2 Å². The first-order valence-electron chi connectivity index (χ1n) is 8.09. The molecule has 1 amide bonds. The molecule has 8 nitrogen and oxygen atoms in total. The first-order valence-corrected chi connectivity index (χ1v) is 8.09. The highest BCUT2D eigenvalue weighted by atomic mass is 16.5. The smallest absolute Gasteiger partial charge is 0.280 e. The molecule has 8 heteroatoms. The minimum Gasteiger partial charge on any atom is -0.445 e. The van der Waals surface area contributed by atoms with E-state index in [9.17, 15) is 4.79 Å². The van der Waals surface area contributed by atoms with E-state index < -0.39 is 0 Å². The summed E-state index contributed by atoms with van der Waals surface area (Å²) in [6.07, 6.45) is 4.38. The van der Waals surface area contributed by atoms with Crippen LogP contribution in [0.3, 0.4) is 0 Å². The number of anilines is 1. The Hall–Kier alpha value is -3.00. The van der Waals surface area contributed by atoms with Crippen molar-refractivity contribution < 1.29 is 13.9 Å². The van der Waals surface area contributed by atoms with Gasteiger partial charge in [-0.3, -0.25) is 14.7 Å². The molecule has 3 heterocycles. The summed E-state index contributed by atoms with van der Waals surface area (Å²) in [6, 6.07) is 9.87. The number of nitrogens with one attached hydrogen (secondary N) is 1. The van der Waals surface area contributed by atoms with Crippen LogP contribution in [-0.4, -0.2) is 32.3 Å². The zero-order valence-corrected chi connectivity index (χ0v) is 13.5. The number of ether oxygens (including phenoxy) is 1. The number of carbonyl (C=O) groups is 1. The lowest BCUT2D eigenvalue weighted by Gasteiger charge is -2.09. The largest absolute Gasteiger partial charge is 0.445 e. The molecule has 128 valence electrons. The third-order valence-electron chi connectivity index (χ3n) is 4.07. The minimum absolute atomic E-state index is 0.217. The number of amides is 1. The molecule has 0 saturated carbocycles. The van der Waals surface area contributed by atoms with E-state index in [1.165, 1.54) is 6.39 Å². The van der Waals surface area contributed by atoms with Crippen LogP contribution < -0.4 is 5.32 Å². The molecular formula is C17H17N5O3. The zero-order valence-electron chi connectivity index (χ0n) is 13.5. The molecule has 2 aromatic heterocycles. The number of rotatable bonds is 5. The van der Waals surface area contributed by atoms with Crippen molar-refractivity contribution in [3.05, 3.63) is 60.1 Å². The predicted molar refractivity (Wildman–Crippen MR) is 87.9 cm³/mol. The van der Waals surface area contributed by atoms with Crippen molar-refractivity contribution in [1.82, 2.24) is 19.7 Å². The molecule has 1 aromatic carbocycles. The van der Waals surface area contributed by atoms with E-state index in [4.69, 9.17) is 9.15 Å². The molecule has 0 bridgehead atoms. The Morgan fingerprint density at radius 3 is 3.00 bits per heavy atom. The molecule has 1 atom stereocenters. The van der Waals surface area contributed by atoms with Crippen LogP contribution in [0, 0.1) is 0 Å². The quantitative estimate of drug-likeness (QED) is 0.767. The first-order chi connectivity index (χ1) is 12.3. The highest BCUT2D eigenvalue weighted by Crippen LogP contribution is 2.30. The molecule has 0 spiro atoms. The molecular weight excluding hydrogens is 322 g/mol. The predicted octanol–water partition coefficient (Wildman–Crippen LogP) is 2.42. The Morgan fingerprint density at radius 2 is 2.20 bits per heavy atom. The number of benzene rings is 1. The Bertz CT molecular complexity index is 852. The Kier molecular flexibility index (Phi) is 4.26. The number of oxazole rings is 1. The molecule has 1 saturated heterocycles. The van der Waals surface area contributed by atoms with Gasteiger partial charge in [0.05, 0.1) is 6.54 Å². The maximum absolute atomic E-state index is 12.6. The summed E-state index contributed by atoms with van der Waals surface area (Å²) in [6.45, 7) is 1.22. The molecule has 1 fully saturated rings. The standard InChI is InChI=1S/C17H17N5O3/c23-16(14-15(25-11-18-14)13-7-4-8-24-13)20-17-21-19-10-22(17)9-12-5-2-1-3-6-12/h1-3,5-6,10-11,13H,4,7-9H2,(H,20,21,23)/t13-/m0/s1. The molecule has 0 radical (unpaired) electrons. The van der Waals surface area contributed by atoms with E-state index in [2.05, 4.69) is 20.5 Å². The summed E-state index contributed by atoms with van der Waals surface area (Å²) in [5.41, 5.74) is 1.31. The van der Waals surface area contributed by atoms with E-state index in [0.29, 0.717) is 24.9 Å². The van der Waals surface area contributed by atoms with Crippen molar-refractivity contribution in [2.24, 2.45) is 0 Å². The summed E-state index contributed by atoms with van der Waals surface area (Å²) < 4.78 is 12.7. The fraction of sp³-hybridized carbons (Fsp3) is 0.294. The third kappa shape index (κ3) is 3.29. The summed E-state index contributed by atoms with van der Waals surface area (Å²) in [4.78, 5) is 16.6. The molecule has 1 aliphatic heterocycles. The zero-order chi connectivity index (χ0) is 17.1. The van der Waals surface area contributed by atoms with E-state index in [1.54, 1.807) is 10.9 Å². The lowest BCUT2D eigenvalue weighted by molar-refractivity contribution is 0.0889. The van der Waals surface area contributed by atoms with Gasteiger partial charge in [0.15, 0.2) is 17.8 Å². The van der Waals surface area contributed by atoms with Crippen LogP contribution in [-0.2, 0) is 11.3 Å². The lowest BCUT2D eigenvalue weighted by atomic mass is 10.1. The number of carbonyl (C=O) groups excluding carboxylic acids is 1.